The van der Waals surface area contributed by atoms with Gasteiger partial charge in [-0.25, -0.2) is 4.98 Å². The predicted molar refractivity (Wildman–Crippen MR) is 93.6 cm³/mol. The predicted octanol–water partition coefficient (Wildman–Crippen LogP) is 2.54. The molecule has 3 rings (SSSR count). The summed E-state index contributed by atoms with van der Waals surface area (Å²) < 4.78 is 7.02. The minimum absolute atomic E-state index is 0.0598. The minimum Gasteiger partial charge on any atom is -0.375 e. The molecule has 1 amide bonds. The Morgan fingerprint density at radius 1 is 1.12 bits per heavy atom. The molecule has 0 aliphatic carbocycles. The highest BCUT2D eigenvalue weighted by Crippen LogP contribution is 2.17. The van der Waals surface area contributed by atoms with Crippen molar-refractivity contribution >= 4 is 16.9 Å². The third kappa shape index (κ3) is 3.81. The summed E-state index contributed by atoms with van der Waals surface area (Å²) in [6, 6.07) is 18.4. The number of carbonyl (C=O) groups is 1. The number of aryl methyl sites for hydroxylation is 2. The van der Waals surface area contributed by atoms with E-state index in [1.54, 1.807) is 0 Å². The molecule has 0 saturated carbocycles. The number of amides is 1. The van der Waals surface area contributed by atoms with Crippen LogP contribution in [-0.4, -0.2) is 29.2 Å². The van der Waals surface area contributed by atoms with Crippen molar-refractivity contribution in [2.24, 2.45) is 0 Å². The van der Waals surface area contributed by atoms with Crippen LogP contribution >= 0.6 is 0 Å². The summed E-state index contributed by atoms with van der Waals surface area (Å²) >= 11 is 0. The van der Waals surface area contributed by atoms with E-state index in [-0.39, 0.29) is 12.5 Å². The Labute approximate surface area is 141 Å². The Bertz CT molecular complexity index is 812. The molecule has 24 heavy (non-hydrogen) atoms. The Hall–Kier alpha value is -2.66. The van der Waals surface area contributed by atoms with Gasteiger partial charge in [0.05, 0.1) is 17.6 Å². The molecule has 0 atom stereocenters. The van der Waals surface area contributed by atoms with Crippen molar-refractivity contribution in [2.45, 2.75) is 19.5 Å². The van der Waals surface area contributed by atoms with Gasteiger partial charge in [-0.1, -0.05) is 42.5 Å². The monoisotopic (exact) mass is 323 g/mol. The van der Waals surface area contributed by atoms with Gasteiger partial charge in [-0.2, -0.15) is 0 Å². The number of para-hydroxylation sites is 2. The van der Waals surface area contributed by atoms with Crippen LogP contribution in [0.5, 0.6) is 0 Å². The van der Waals surface area contributed by atoms with Crippen molar-refractivity contribution in [2.75, 3.05) is 13.7 Å². The first kappa shape index (κ1) is 16.2. The number of methoxy groups -OCH3 is 1. The van der Waals surface area contributed by atoms with E-state index in [1.165, 1.54) is 12.7 Å². The van der Waals surface area contributed by atoms with Gasteiger partial charge in [0.25, 0.3) is 0 Å². The van der Waals surface area contributed by atoms with E-state index >= 15 is 0 Å². The van der Waals surface area contributed by atoms with Crippen LogP contribution in [0.3, 0.4) is 0 Å². The molecular weight excluding hydrogens is 302 g/mol. The van der Waals surface area contributed by atoms with Gasteiger partial charge in [-0.3, -0.25) is 4.79 Å². The molecule has 2 aromatic carbocycles. The summed E-state index contributed by atoms with van der Waals surface area (Å²) in [6.45, 7) is 1.27. The smallest absolute Gasteiger partial charge is 0.246 e. The molecule has 3 aromatic rings. The second kappa shape index (κ2) is 7.75. The number of carbonyl (C=O) groups excluding carboxylic acids is 1. The van der Waals surface area contributed by atoms with Crippen molar-refractivity contribution in [3.63, 3.8) is 0 Å². The highest BCUT2D eigenvalue weighted by molar-refractivity contribution is 5.78. The zero-order chi connectivity index (χ0) is 16.8. The van der Waals surface area contributed by atoms with Gasteiger partial charge in [-0.15, -0.1) is 0 Å². The highest BCUT2D eigenvalue weighted by atomic mass is 16.5. The fourth-order valence-corrected chi connectivity index (χ4v) is 2.76. The van der Waals surface area contributed by atoms with Crippen molar-refractivity contribution in [3.8, 4) is 0 Å². The fourth-order valence-electron chi connectivity index (χ4n) is 2.76. The lowest BCUT2D eigenvalue weighted by atomic mass is 10.1. The second-order valence-corrected chi connectivity index (χ2v) is 5.61. The quantitative estimate of drug-likeness (QED) is 0.727. The summed E-state index contributed by atoms with van der Waals surface area (Å²) in [6.07, 6.45) is 0.917. The van der Waals surface area contributed by atoms with E-state index in [2.05, 4.69) is 33.1 Å². The molecule has 1 aromatic heterocycles. The molecule has 0 spiro atoms. The van der Waals surface area contributed by atoms with E-state index < -0.39 is 0 Å². The number of aromatic nitrogens is 2. The number of ether oxygens (including phenoxy) is 1. The molecule has 0 bridgehead atoms. The number of benzene rings is 2. The van der Waals surface area contributed by atoms with Crippen molar-refractivity contribution < 1.29 is 9.53 Å². The molecule has 124 valence electrons. The van der Waals surface area contributed by atoms with Crippen LogP contribution in [0.25, 0.3) is 11.0 Å². The molecule has 1 N–H and O–H groups in total. The van der Waals surface area contributed by atoms with Crippen LogP contribution in [0.4, 0.5) is 0 Å². The molecule has 0 aliphatic heterocycles. The minimum atomic E-state index is -0.140. The molecule has 5 heteroatoms. The number of hydrogen-bond donors (Lipinski definition) is 1. The van der Waals surface area contributed by atoms with E-state index in [0.29, 0.717) is 6.54 Å². The average Bonchev–Trinajstić information content (AvgIpc) is 2.97. The van der Waals surface area contributed by atoms with Gasteiger partial charge in [-0.05, 0) is 24.1 Å². The van der Waals surface area contributed by atoms with Gasteiger partial charge >= 0.3 is 0 Å². The number of nitrogens with one attached hydrogen (secondary N) is 1. The molecule has 0 unspecified atom stereocenters. The number of rotatable bonds is 7. The maximum atomic E-state index is 11.6. The zero-order valence-corrected chi connectivity index (χ0v) is 13.7. The molecular formula is C19H21N3O2. The normalized spacial score (nSPS) is 10.9. The molecule has 0 radical (unpaired) electrons. The Morgan fingerprint density at radius 3 is 2.67 bits per heavy atom. The first-order chi connectivity index (χ1) is 11.8. The summed E-state index contributed by atoms with van der Waals surface area (Å²) in [4.78, 5) is 16.3. The number of hydrogen-bond acceptors (Lipinski definition) is 3. The maximum absolute atomic E-state index is 11.6. The molecule has 5 nitrogen and oxygen atoms in total. The Morgan fingerprint density at radius 2 is 1.88 bits per heavy atom. The van der Waals surface area contributed by atoms with Crippen molar-refractivity contribution in [1.29, 1.82) is 0 Å². The third-order valence-electron chi connectivity index (χ3n) is 3.92. The lowest BCUT2D eigenvalue weighted by Gasteiger charge is -2.10. The summed E-state index contributed by atoms with van der Waals surface area (Å²) in [5.74, 6) is 0.718. The largest absolute Gasteiger partial charge is 0.375 e. The van der Waals surface area contributed by atoms with Crippen LogP contribution in [-0.2, 0) is 29.0 Å². The molecule has 0 aliphatic rings. The van der Waals surface area contributed by atoms with E-state index in [9.17, 15) is 4.79 Å². The topological polar surface area (TPSA) is 56.1 Å². The van der Waals surface area contributed by atoms with Crippen LogP contribution in [0.15, 0.2) is 54.6 Å². The van der Waals surface area contributed by atoms with Crippen LogP contribution in [0, 0.1) is 0 Å². The van der Waals surface area contributed by atoms with Gasteiger partial charge < -0.3 is 14.6 Å². The van der Waals surface area contributed by atoms with Gasteiger partial charge in [0, 0.05) is 13.7 Å². The average molecular weight is 323 g/mol. The third-order valence-corrected chi connectivity index (χ3v) is 3.92. The maximum Gasteiger partial charge on any atom is 0.246 e. The molecule has 0 fully saturated rings. The lowest BCUT2D eigenvalue weighted by Crippen LogP contribution is -2.28. The molecule has 1 heterocycles. The summed E-state index contributed by atoms with van der Waals surface area (Å²) in [7, 11) is 1.51. The van der Waals surface area contributed by atoms with Gasteiger partial charge in [0.15, 0.2) is 0 Å². The number of nitrogens with zero attached hydrogens (tertiary/aromatic N) is 2. The standard InChI is InChI=1S/C19H21N3O2/c1-24-14-19(23)20-13-18-21-16-9-5-6-10-17(16)22(18)12-11-15-7-3-2-4-8-15/h2-10H,11-14H2,1H3,(H,20,23). The summed E-state index contributed by atoms with van der Waals surface area (Å²) in [5, 5.41) is 2.85. The van der Waals surface area contributed by atoms with Gasteiger partial charge in [0.2, 0.25) is 5.91 Å². The van der Waals surface area contributed by atoms with E-state index in [0.717, 1.165) is 29.8 Å². The molecule has 0 saturated heterocycles. The van der Waals surface area contributed by atoms with Gasteiger partial charge in [0.1, 0.15) is 12.4 Å². The van der Waals surface area contributed by atoms with Crippen LogP contribution in [0.1, 0.15) is 11.4 Å². The number of imidazole rings is 1. The lowest BCUT2D eigenvalue weighted by molar-refractivity contribution is -0.124. The zero-order valence-electron chi connectivity index (χ0n) is 13.7. The van der Waals surface area contributed by atoms with E-state index in [1.807, 2.05) is 36.4 Å². The number of fused-ring (bicyclic) bond motifs is 1. The van der Waals surface area contributed by atoms with E-state index in [4.69, 9.17) is 4.74 Å². The Balaban J connectivity index is 1.80. The fraction of sp³-hybridized carbons (Fsp3) is 0.263. The van der Waals surface area contributed by atoms with Crippen LogP contribution in [0.2, 0.25) is 0 Å². The first-order valence-corrected chi connectivity index (χ1v) is 8.01. The SMILES string of the molecule is COCC(=O)NCc1nc2ccccc2n1CCc1ccccc1. The second-order valence-electron chi connectivity index (χ2n) is 5.61. The first-order valence-electron chi connectivity index (χ1n) is 8.01. The van der Waals surface area contributed by atoms with Crippen molar-refractivity contribution in [1.82, 2.24) is 14.9 Å². The van der Waals surface area contributed by atoms with Crippen molar-refractivity contribution in [3.05, 3.63) is 66.0 Å². The van der Waals surface area contributed by atoms with Crippen LogP contribution < -0.4 is 5.32 Å². The Kier molecular flexibility index (Phi) is 5.23. The summed E-state index contributed by atoms with van der Waals surface area (Å²) in [5.41, 5.74) is 3.32. The highest BCUT2D eigenvalue weighted by Gasteiger charge is 2.11.